The van der Waals surface area contributed by atoms with Gasteiger partial charge in [-0.2, -0.15) is 0 Å². The van der Waals surface area contributed by atoms with Crippen LogP contribution in [-0.2, 0) is 6.54 Å². The highest BCUT2D eigenvalue weighted by Gasteiger charge is 2.19. The number of methoxy groups -OCH3 is 1. The van der Waals surface area contributed by atoms with E-state index in [1.54, 1.807) is 7.11 Å². The second-order valence-corrected chi connectivity index (χ2v) is 4.76. The third-order valence-corrected chi connectivity index (χ3v) is 3.31. The van der Waals surface area contributed by atoms with Crippen molar-refractivity contribution < 1.29 is 14.3 Å². The molecule has 1 aliphatic heterocycles. The van der Waals surface area contributed by atoms with Gasteiger partial charge in [0, 0.05) is 12.1 Å². The van der Waals surface area contributed by atoms with E-state index in [1.807, 2.05) is 43.3 Å². The minimum atomic E-state index is -0.128. The largest absolute Gasteiger partial charge is 0.497 e. The van der Waals surface area contributed by atoms with Gasteiger partial charge in [-0.25, -0.2) is 0 Å². The lowest BCUT2D eigenvalue weighted by Gasteiger charge is -2.19. The van der Waals surface area contributed by atoms with Gasteiger partial charge in [0.25, 0.3) is 5.91 Å². The number of rotatable bonds is 1. The quantitative estimate of drug-likeness (QED) is 0.865. The van der Waals surface area contributed by atoms with E-state index in [0.29, 0.717) is 17.9 Å². The highest BCUT2D eigenvalue weighted by molar-refractivity contribution is 5.97. The van der Waals surface area contributed by atoms with E-state index < -0.39 is 0 Å². The van der Waals surface area contributed by atoms with Crippen LogP contribution in [0.5, 0.6) is 17.2 Å². The summed E-state index contributed by atoms with van der Waals surface area (Å²) < 4.78 is 11.1. The second kappa shape index (κ2) is 4.89. The Balaban J connectivity index is 2.08. The lowest BCUT2D eigenvalue weighted by molar-refractivity contribution is 0.0946. The van der Waals surface area contributed by atoms with E-state index in [1.165, 1.54) is 0 Å². The molecule has 102 valence electrons. The number of ether oxygens (including phenoxy) is 2. The van der Waals surface area contributed by atoms with Gasteiger partial charge >= 0.3 is 0 Å². The van der Waals surface area contributed by atoms with Gasteiger partial charge in [0.15, 0.2) is 0 Å². The fourth-order valence-corrected chi connectivity index (χ4v) is 2.22. The predicted octanol–water partition coefficient (Wildman–Crippen LogP) is 3.04. The number of aryl methyl sites for hydroxylation is 1. The molecule has 0 aromatic heterocycles. The Hall–Kier alpha value is -2.49. The van der Waals surface area contributed by atoms with Gasteiger partial charge < -0.3 is 14.8 Å². The molecule has 4 heteroatoms. The molecule has 0 atom stereocenters. The maximum atomic E-state index is 12.2. The maximum absolute atomic E-state index is 12.2. The first-order chi connectivity index (χ1) is 9.67. The third kappa shape index (κ3) is 2.20. The molecular formula is C16H15NO3. The monoisotopic (exact) mass is 269 g/mol. The van der Waals surface area contributed by atoms with Crippen molar-refractivity contribution in [3.63, 3.8) is 0 Å². The molecule has 4 nitrogen and oxygen atoms in total. The van der Waals surface area contributed by atoms with Crippen LogP contribution >= 0.6 is 0 Å². The summed E-state index contributed by atoms with van der Waals surface area (Å²) in [6.45, 7) is 2.36. The summed E-state index contributed by atoms with van der Waals surface area (Å²) in [7, 11) is 1.61. The van der Waals surface area contributed by atoms with Gasteiger partial charge in [0.2, 0.25) is 0 Å². The number of fused-ring (bicyclic) bond motifs is 2. The summed E-state index contributed by atoms with van der Waals surface area (Å²) >= 11 is 0. The van der Waals surface area contributed by atoms with Crippen molar-refractivity contribution in [2.24, 2.45) is 0 Å². The molecule has 1 amide bonds. The fourth-order valence-electron chi connectivity index (χ4n) is 2.22. The molecule has 3 rings (SSSR count). The summed E-state index contributed by atoms with van der Waals surface area (Å²) in [5, 5.41) is 2.90. The minimum absolute atomic E-state index is 0.128. The molecule has 2 aromatic rings. The summed E-state index contributed by atoms with van der Waals surface area (Å²) in [6.07, 6.45) is 0. The van der Waals surface area contributed by atoms with E-state index in [-0.39, 0.29) is 5.91 Å². The van der Waals surface area contributed by atoms with Gasteiger partial charge in [0.1, 0.15) is 17.2 Å². The average molecular weight is 269 g/mol. The van der Waals surface area contributed by atoms with E-state index in [0.717, 1.165) is 22.6 Å². The van der Waals surface area contributed by atoms with Crippen LogP contribution in [0, 0.1) is 6.92 Å². The Morgan fingerprint density at radius 3 is 2.75 bits per heavy atom. The Morgan fingerprint density at radius 2 is 1.95 bits per heavy atom. The molecule has 0 aliphatic carbocycles. The molecule has 0 spiro atoms. The Kier molecular flexibility index (Phi) is 3.06. The molecule has 0 unspecified atom stereocenters. The molecule has 1 aliphatic rings. The van der Waals surface area contributed by atoms with Crippen LogP contribution in [-0.4, -0.2) is 13.0 Å². The van der Waals surface area contributed by atoms with Gasteiger partial charge in [-0.1, -0.05) is 11.6 Å². The van der Waals surface area contributed by atoms with Crippen LogP contribution in [0.15, 0.2) is 36.4 Å². The summed E-state index contributed by atoms with van der Waals surface area (Å²) in [5.74, 6) is 1.92. The topological polar surface area (TPSA) is 47.6 Å². The molecule has 2 aromatic carbocycles. The van der Waals surface area contributed by atoms with Gasteiger partial charge in [0.05, 0.1) is 12.7 Å². The fraction of sp³-hybridized carbons (Fsp3) is 0.188. The van der Waals surface area contributed by atoms with Crippen molar-refractivity contribution in [1.82, 2.24) is 5.32 Å². The SMILES string of the molecule is COc1ccc2c(c1)CNC(=O)c1cc(C)ccc1O2. The van der Waals surface area contributed by atoms with Crippen molar-refractivity contribution >= 4 is 5.91 Å². The average Bonchev–Trinajstić information content (AvgIpc) is 2.46. The second-order valence-electron chi connectivity index (χ2n) is 4.76. The number of hydrogen-bond acceptors (Lipinski definition) is 3. The predicted molar refractivity (Wildman–Crippen MR) is 75.4 cm³/mol. The molecule has 0 fully saturated rings. The van der Waals surface area contributed by atoms with Crippen molar-refractivity contribution in [1.29, 1.82) is 0 Å². The van der Waals surface area contributed by atoms with Crippen LogP contribution in [0.25, 0.3) is 0 Å². The number of carbonyl (C=O) groups is 1. The number of carbonyl (C=O) groups excluding carboxylic acids is 1. The smallest absolute Gasteiger partial charge is 0.255 e. The number of amides is 1. The number of nitrogens with one attached hydrogen (secondary N) is 1. The van der Waals surface area contributed by atoms with E-state index >= 15 is 0 Å². The normalized spacial score (nSPS) is 13.2. The highest BCUT2D eigenvalue weighted by atomic mass is 16.5. The van der Waals surface area contributed by atoms with Gasteiger partial charge in [-0.3, -0.25) is 4.79 Å². The Morgan fingerprint density at radius 1 is 1.15 bits per heavy atom. The zero-order chi connectivity index (χ0) is 14.1. The summed E-state index contributed by atoms with van der Waals surface area (Å²) in [4.78, 5) is 12.2. The molecule has 20 heavy (non-hydrogen) atoms. The van der Waals surface area contributed by atoms with Gasteiger partial charge in [-0.15, -0.1) is 0 Å². The molecule has 1 N–H and O–H groups in total. The Bertz CT molecular complexity index is 679. The summed E-state index contributed by atoms with van der Waals surface area (Å²) in [6, 6.07) is 11.2. The maximum Gasteiger partial charge on any atom is 0.255 e. The molecule has 1 heterocycles. The van der Waals surface area contributed by atoms with Crippen molar-refractivity contribution in [2.75, 3.05) is 7.11 Å². The van der Waals surface area contributed by atoms with E-state index in [4.69, 9.17) is 9.47 Å². The third-order valence-electron chi connectivity index (χ3n) is 3.31. The first-order valence-corrected chi connectivity index (χ1v) is 6.41. The lowest BCUT2D eigenvalue weighted by atomic mass is 10.1. The minimum Gasteiger partial charge on any atom is -0.497 e. The van der Waals surface area contributed by atoms with E-state index in [9.17, 15) is 4.79 Å². The standard InChI is InChI=1S/C16H15NO3/c1-10-3-5-15-13(7-10)16(18)17-9-11-8-12(19-2)4-6-14(11)20-15/h3-8H,9H2,1-2H3,(H,17,18). The molecule has 0 radical (unpaired) electrons. The van der Waals surface area contributed by atoms with Crippen molar-refractivity contribution in [2.45, 2.75) is 13.5 Å². The number of benzene rings is 2. The van der Waals surface area contributed by atoms with Crippen LogP contribution in [0.2, 0.25) is 0 Å². The first kappa shape index (κ1) is 12.5. The van der Waals surface area contributed by atoms with Crippen molar-refractivity contribution in [3.05, 3.63) is 53.1 Å². The lowest BCUT2D eigenvalue weighted by Crippen LogP contribution is -2.25. The first-order valence-electron chi connectivity index (χ1n) is 6.41. The zero-order valence-corrected chi connectivity index (χ0v) is 11.4. The van der Waals surface area contributed by atoms with Crippen LogP contribution in [0.1, 0.15) is 21.5 Å². The van der Waals surface area contributed by atoms with Crippen LogP contribution in [0.3, 0.4) is 0 Å². The molecular weight excluding hydrogens is 254 g/mol. The molecule has 0 saturated carbocycles. The summed E-state index contributed by atoms with van der Waals surface area (Å²) in [5.41, 5.74) is 2.48. The van der Waals surface area contributed by atoms with Crippen molar-refractivity contribution in [3.8, 4) is 17.2 Å². The molecule has 0 saturated heterocycles. The van der Waals surface area contributed by atoms with Crippen LogP contribution < -0.4 is 14.8 Å². The Labute approximate surface area is 117 Å². The van der Waals surface area contributed by atoms with Crippen LogP contribution in [0.4, 0.5) is 0 Å². The zero-order valence-electron chi connectivity index (χ0n) is 11.4. The number of hydrogen-bond donors (Lipinski definition) is 1. The van der Waals surface area contributed by atoms with Gasteiger partial charge in [-0.05, 0) is 37.3 Å². The highest BCUT2D eigenvalue weighted by Crippen LogP contribution is 2.32. The molecule has 0 bridgehead atoms. The van der Waals surface area contributed by atoms with E-state index in [2.05, 4.69) is 5.32 Å².